The summed E-state index contributed by atoms with van der Waals surface area (Å²) in [5.74, 6) is -3.04. The van der Waals surface area contributed by atoms with Gasteiger partial charge in [0.2, 0.25) is 0 Å². The molecule has 1 N–H and O–H groups in total. The number of carbonyl (C=O) groups excluding carboxylic acids is 1. The van der Waals surface area contributed by atoms with E-state index in [1.807, 2.05) is 0 Å². The lowest BCUT2D eigenvalue weighted by molar-refractivity contribution is -0.190. The number of ether oxygens (including phenoxy) is 1. The van der Waals surface area contributed by atoms with Crippen molar-refractivity contribution in [3.8, 4) is 5.75 Å². The van der Waals surface area contributed by atoms with Crippen LogP contribution in [0.15, 0.2) is 24.3 Å². The maximum absolute atomic E-state index is 12.7. The van der Waals surface area contributed by atoms with Crippen LogP contribution in [0.4, 0.5) is 13.2 Å². The third-order valence-corrected chi connectivity index (χ3v) is 3.65. The summed E-state index contributed by atoms with van der Waals surface area (Å²) in [6, 6.07) is 3.79. The van der Waals surface area contributed by atoms with Crippen molar-refractivity contribution in [2.75, 3.05) is 7.11 Å². The van der Waals surface area contributed by atoms with Gasteiger partial charge in [0, 0.05) is 0 Å². The first-order chi connectivity index (χ1) is 10.3. The van der Waals surface area contributed by atoms with Gasteiger partial charge >= 0.3 is 18.1 Å². The van der Waals surface area contributed by atoms with E-state index < -0.39 is 30.1 Å². The number of alkyl halides is 3. The van der Waals surface area contributed by atoms with Crippen LogP contribution >= 0.6 is 0 Å². The monoisotopic (exact) mass is 317 g/mol. The fraction of sp³-hybridized carbons (Fsp3) is 0.429. The molecule has 22 heavy (non-hydrogen) atoms. The van der Waals surface area contributed by atoms with Gasteiger partial charge in [0.1, 0.15) is 11.8 Å². The summed E-state index contributed by atoms with van der Waals surface area (Å²) in [5.41, 5.74) is 0.446. The van der Waals surface area contributed by atoms with Gasteiger partial charge in [-0.05, 0) is 30.5 Å². The van der Waals surface area contributed by atoms with Crippen molar-refractivity contribution in [1.29, 1.82) is 0 Å². The Morgan fingerprint density at radius 2 is 1.82 bits per heavy atom. The Morgan fingerprint density at radius 1 is 1.23 bits per heavy atom. The second-order valence-corrected chi connectivity index (χ2v) is 4.93. The zero-order chi connectivity index (χ0) is 16.5. The molecule has 0 aliphatic carbocycles. The van der Waals surface area contributed by atoms with Gasteiger partial charge in [-0.25, -0.2) is 4.79 Å². The quantitative estimate of drug-likeness (QED) is 0.929. The van der Waals surface area contributed by atoms with E-state index in [-0.39, 0.29) is 12.8 Å². The minimum Gasteiger partial charge on any atom is -0.497 e. The highest BCUT2D eigenvalue weighted by molar-refractivity contribution is 5.88. The molecule has 0 spiro atoms. The molecule has 8 heteroatoms. The van der Waals surface area contributed by atoms with E-state index >= 15 is 0 Å². The average molecular weight is 317 g/mol. The number of carboxylic acids is 1. The Labute approximate surface area is 124 Å². The average Bonchev–Trinajstić information content (AvgIpc) is 2.90. The van der Waals surface area contributed by atoms with Crippen molar-refractivity contribution in [2.45, 2.75) is 31.1 Å². The van der Waals surface area contributed by atoms with Gasteiger partial charge in [0.15, 0.2) is 0 Å². The molecule has 1 heterocycles. The highest BCUT2D eigenvalue weighted by Crippen LogP contribution is 2.39. The molecule has 1 saturated heterocycles. The number of carboxylic acid groups (broad SMARTS) is 1. The molecule has 1 aliphatic rings. The van der Waals surface area contributed by atoms with Gasteiger partial charge in [-0.2, -0.15) is 13.2 Å². The fourth-order valence-electron chi connectivity index (χ4n) is 2.64. The van der Waals surface area contributed by atoms with E-state index in [4.69, 9.17) is 9.84 Å². The number of halogens is 3. The minimum atomic E-state index is -5.11. The van der Waals surface area contributed by atoms with Crippen molar-refractivity contribution in [3.05, 3.63) is 29.8 Å². The van der Waals surface area contributed by atoms with Gasteiger partial charge in [-0.1, -0.05) is 12.1 Å². The topological polar surface area (TPSA) is 66.8 Å². The number of carbonyl (C=O) groups is 2. The number of methoxy groups -OCH3 is 1. The molecule has 2 atom stereocenters. The van der Waals surface area contributed by atoms with Crippen LogP contribution in [0, 0.1) is 0 Å². The van der Waals surface area contributed by atoms with Crippen molar-refractivity contribution >= 4 is 11.9 Å². The van der Waals surface area contributed by atoms with Gasteiger partial charge in [-0.15, -0.1) is 0 Å². The first-order valence-electron chi connectivity index (χ1n) is 6.52. The van der Waals surface area contributed by atoms with E-state index in [9.17, 15) is 22.8 Å². The second kappa shape index (κ2) is 5.86. The molecule has 0 radical (unpaired) electrons. The van der Waals surface area contributed by atoms with Crippen molar-refractivity contribution in [1.82, 2.24) is 4.90 Å². The number of amides is 1. The summed E-state index contributed by atoms with van der Waals surface area (Å²) in [6.45, 7) is 0. The van der Waals surface area contributed by atoms with Crippen molar-refractivity contribution in [2.24, 2.45) is 0 Å². The van der Waals surface area contributed by atoms with Crippen LogP contribution in [0.5, 0.6) is 5.75 Å². The molecule has 0 bridgehead atoms. The SMILES string of the molecule is COc1ccc(C2CCC(C(=O)O)N2C(=O)C(F)(F)F)cc1. The summed E-state index contributed by atoms with van der Waals surface area (Å²) < 4.78 is 43.2. The van der Waals surface area contributed by atoms with Crippen molar-refractivity contribution < 1.29 is 32.6 Å². The van der Waals surface area contributed by atoms with Gasteiger partial charge in [0.25, 0.3) is 0 Å². The predicted octanol–water partition coefficient (Wildman–Crippen LogP) is 2.37. The van der Waals surface area contributed by atoms with Gasteiger partial charge in [0.05, 0.1) is 13.2 Å². The maximum Gasteiger partial charge on any atom is 0.471 e. The molecule has 2 rings (SSSR count). The number of benzene rings is 1. The Balaban J connectivity index is 2.36. The third kappa shape index (κ3) is 3.00. The lowest BCUT2D eigenvalue weighted by Gasteiger charge is -2.29. The summed E-state index contributed by atoms with van der Waals surface area (Å²) in [4.78, 5) is 23.2. The molecule has 2 unspecified atom stereocenters. The largest absolute Gasteiger partial charge is 0.497 e. The third-order valence-electron chi connectivity index (χ3n) is 3.65. The molecule has 1 aromatic rings. The van der Waals surface area contributed by atoms with Crippen LogP contribution in [0.25, 0.3) is 0 Å². The Hall–Kier alpha value is -2.25. The number of likely N-dealkylation sites (tertiary alicyclic amines) is 1. The Bertz CT molecular complexity index is 570. The van der Waals surface area contributed by atoms with Gasteiger partial charge < -0.3 is 14.7 Å². The highest BCUT2D eigenvalue weighted by atomic mass is 19.4. The first kappa shape index (κ1) is 16.1. The van der Waals surface area contributed by atoms with Crippen LogP contribution in [-0.4, -0.2) is 41.2 Å². The zero-order valence-corrected chi connectivity index (χ0v) is 11.6. The first-order valence-corrected chi connectivity index (χ1v) is 6.52. The summed E-state index contributed by atoms with van der Waals surface area (Å²) in [5, 5.41) is 9.06. The molecular formula is C14H14F3NO4. The molecule has 0 aromatic heterocycles. The minimum absolute atomic E-state index is 0.0200. The molecule has 1 fully saturated rings. The molecule has 120 valence electrons. The number of hydrogen-bond acceptors (Lipinski definition) is 3. The number of aliphatic carboxylic acids is 1. The summed E-state index contributed by atoms with van der Waals surface area (Å²) in [7, 11) is 1.45. The smallest absolute Gasteiger partial charge is 0.471 e. The van der Waals surface area contributed by atoms with E-state index in [0.29, 0.717) is 16.2 Å². The van der Waals surface area contributed by atoms with Crippen LogP contribution in [0.3, 0.4) is 0 Å². The van der Waals surface area contributed by atoms with Crippen LogP contribution in [0.1, 0.15) is 24.4 Å². The van der Waals surface area contributed by atoms with Crippen LogP contribution in [0.2, 0.25) is 0 Å². The molecule has 5 nitrogen and oxygen atoms in total. The Morgan fingerprint density at radius 3 is 2.27 bits per heavy atom. The van der Waals surface area contributed by atoms with E-state index in [2.05, 4.69) is 0 Å². The predicted molar refractivity (Wildman–Crippen MR) is 69.3 cm³/mol. The summed E-state index contributed by atoms with van der Waals surface area (Å²) in [6.07, 6.45) is -4.97. The fourth-order valence-corrected chi connectivity index (χ4v) is 2.64. The van der Waals surface area contributed by atoms with Gasteiger partial charge in [-0.3, -0.25) is 4.79 Å². The lowest BCUT2D eigenvalue weighted by atomic mass is 10.0. The standard InChI is InChI=1S/C14H14F3NO4/c1-22-9-4-2-8(3-5-9)10-6-7-11(12(19)20)18(10)13(21)14(15,16)17/h2-5,10-11H,6-7H2,1H3,(H,19,20). The molecular weight excluding hydrogens is 303 g/mol. The van der Waals surface area contributed by atoms with Crippen LogP contribution in [-0.2, 0) is 9.59 Å². The van der Waals surface area contributed by atoms with E-state index in [0.717, 1.165) is 0 Å². The molecule has 1 aromatic carbocycles. The van der Waals surface area contributed by atoms with E-state index in [1.54, 1.807) is 12.1 Å². The lowest BCUT2D eigenvalue weighted by Crippen LogP contribution is -2.47. The Kier molecular flexibility index (Phi) is 4.30. The number of hydrogen-bond donors (Lipinski definition) is 1. The van der Waals surface area contributed by atoms with Crippen LogP contribution < -0.4 is 4.74 Å². The number of nitrogens with zero attached hydrogens (tertiary/aromatic N) is 1. The molecule has 1 aliphatic heterocycles. The second-order valence-electron chi connectivity index (χ2n) is 4.93. The molecule has 0 saturated carbocycles. The van der Waals surface area contributed by atoms with E-state index in [1.165, 1.54) is 19.2 Å². The highest BCUT2D eigenvalue weighted by Gasteiger charge is 2.51. The normalized spacial score (nSPS) is 21.7. The number of rotatable bonds is 3. The van der Waals surface area contributed by atoms with Crippen molar-refractivity contribution in [3.63, 3.8) is 0 Å². The molecule has 1 amide bonds. The zero-order valence-electron chi connectivity index (χ0n) is 11.6. The summed E-state index contributed by atoms with van der Waals surface area (Å²) >= 11 is 0. The maximum atomic E-state index is 12.7.